The van der Waals surface area contributed by atoms with E-state index >= 15 is 0 Å². The van der Waals surface area contributed by atoms with Crippen LogP contribution < -0.4 is 15.6 Å². The Kier molecular flexibility index (Phi) is 6.57. The zero-order chi connectivity index (χ0) is 20.1. The fourth-order valence-corrected chi connectivity index (χ4v) is 2.87. The number of pyridine rings is 1. The van der Waals surface area contributed by atoms with Crippen LogP contribution in [-0.4, -0.2) is 22.5 Å². The number of aromatic nitrogens is 1. The van der Waals surface area contributed by atoms with Crippen LogP contribution in [0.3, 0.4) is 0 Å². The molecule has 1 aromatic carbocycles. The van der Waals surface area contributed by atoms with Crippen LogP contribution in [0.25, 0.3) is 0 Å². The third-order valence-electron chi connectivity index (χ3n) is 4.00. The summed E-state index contributed by atoms with van der Waals surface area (Å²) in [5, 5.41) is 13.8. The van der Waals surface area contributed by atoms with Crippen LogP contribution in [0.2, 0.25) is 5.02 Å². The number of amides is 1. The minimum Gasteiger partial charge on any atom is -0.497 e. The smallest absolute Gasteiger partial charge is 0.335 e. The van der Waals surface area contributed by atoms with Gasteiger partial charge in [-0.05, 0) is 23.6 Å². The molecule has 8 nitrogen and oxygen atoms in total. The van der Waals surface area contributed by atoms with Gasteiger partial charge in [0.25, 0.3) is 0 Å². The molecule has 27 heavy (non-hydrogen) atoms. The summed E-state index contributed by atoms with van der Waals surface area (Å²) in [7, 11) is 1.57. The number of hydrogen-bond donors (Lipinski definition) is 1. The summed E-state index contributed by atoms with van der Waals surface area (Å²) in [4.78, 5) is 34.7. The Morgan fingerprint density at radius 3 is 2.48 bits per heavy atom. The van der Waals surface area contributed by atoms with Crippen molar-refractivity contribution in [1.82, 2.24) is 9.88 Å². The highest BCUT2D eigenvalue weighted by molar-refractivity contribution is 6.30. The molecule has 0 aliphatic rings. The number of nitro groups is 1. The molecule has 1 unspecified atom stereocenters. The van der Waals surface area contributed by atoms with E-state index in [0.29, 0.717) is 5.75 Å². The third kappa shape index (κ3) is 5.07. The summed E-state index contributed by atoms with van der Waals surface area (Å²) >= 11 is 5.82. The number of benzene rings is 1. The number of methoxy groups -OCH3 is 1. The maximum Gasteiger partial charge on any atom is 0.335 e. The topological polar surface area (TPSA) is 103 Å². The molecule has 9 heteroatoms. The Balaban J connectivity index is 2.22. The monoisotopic (exact) mass is 393 g/mol. The standard InChI is InChI=1S/C18H20ClN3O5/c1-11(2)17(12-4-6-14(27-3)7-5-12)20-16(23)10-21-9-13(19)8-15(18(21)24)22(25)26/h4-9,11,17H,10H2,1-3H3,(H,20,23). The van der Waals surface area contributed by atoms with Crippen LogP contribution in [-0.2, 0) is 11.3 Å². The summed E-state index contributed by atoms with van der Waals surface area (Å²) in [6.45, 7) is 3.52. The summed E-state index contributed by atoms with van der Waals surface area (Å²) in [5.41, 5.74) is -0.681. The lowest BCUT2D eigenvalue weighted by atomic mass is 9.96. The van der Waals surface area contributed by atoms with Gasteiger partial charge in [-0.2, -0.15) is 0 Å². The molecule has 1 aromatic heterocycles. The van der Waals surface area contributed by atoms with Crippen LogP contribution in [0.4, 0.5) is 5.69 Å². The quantitative estimate of drug-likeness (QED) is 0.575. The van der Waals surface area contributed by atoms with E-state index < -0.39 is 22.1 Å². The van der Waals surface area contributed by atoms with Crippen LogP contribution in [0.1, 0.15) is 25.5 Å². The van der Waals surface area contributed by atoms with Crippen molar-refractivity contribution in [2.24, 2.45) is 5.92 Å². The zero-order valence-electron chi connectivity index (χ0n) is 15.1. The van der Waals surface area contributed by atoms with Crippen molar-refractivity contribution in [1.29, 1.82) is 0 Å². The minimum atomic E-state index is -0.884. The Hall–Kier alpha value is -2.87. The fourth-order valence-electron chi connectivity index (χ4n) is 2.65. The van der Waals surface area contributed by atoms with Crippen LogP contribution in [0, 0.1) is 16.0 Å². The van der Waals surface area contributed by atoms with Crippen LogP contribution >= 0.6 is 11.6 Å². The van der Waals surface area contributed by atoms with Gasteiger partial charge in [-0.25, -0.2) is 0 Å². The van der Waals surface area contributed by atoms with Crippen LogP contribution in [0.5, 0.6) is 5.75 Å². The van der Waals surface area contributed by atoms with Gasteiger partial charge in [-0.3, -0.25) is 24.3 Å². The van der Waals surface area contributed by atoms with Crippen molar-refractivity contribution in [3.05, 3.63) is 67.6 Å². The van der Waals surface area contributed by atoms with Crippen molar-refractivity contribution in [2.75, 3.05) is 7.11 Å². The third-order valence-corrected chi connectivity index (χ3v) is 4.21. The van der Waals surface area contributed by atoms with Gasteiger partial charge in [0.2, 0.25) is 5.91 Å². The van der Waals surface area contributed by atoms with Gasteiger partial charge in [-0.15, -0.1) is 0 Å². The number of hydrogen-bond acceptors (Lipinski definition) is 5. The number of halogens is 1. The second-order valence-corrected chi connectivity index (χ2v) is 6.73. The van der Waals surface area contributed by atoms with E-state index in [1.54, 1.807) is 19.2 Å². The average Bonchev–Trinajstić information content (AvgIpc) is 2.62. The van der Waals surface area contributed by atoms with E-state index in [-0.39, 0.29) is 23.5 Å². The molecule has 1 N–H and O–H groups in total. The molecule has 0 saturated carbocycles. The molecule has 0 saturated heterocycles. The molecule has 144 valence electrons. The lowest BCUT2D eigenvalue weighted by Gasteiger charge is -2.23. The Morgan fingerprint density at radius 1 is 1.33 bits per heavy atom. The molecule has 0 spiro atoms. The zero-order valence-corrected chi connectivity index (χ0v) is 15.9. The number of nitrogens with one attached hydrogen (secondary N) is 1. The number of carbonyl (C=O) groups excluding carboxylic acids is 1. The highest BCUT2D eigenvalue weighted by atomic mass is 35.5. The maximum atomic E-state index is 12.5. The first-order chi connectivity index (χ1) is 12.7. The Morgan fingerprint density at radius 2 is 1.96 bits per heavy atom. The summed E-state index contributed by atoms with van der Waals surface area (Å²) in [5.74, 6) is 0.321. The van der Waals surface area contributed by atoms with E-state index in [4.69, 9.17) is 16.3 Å². The van der Waals surface area contributed by atoms with Gasteiger partial charge in [0.1, 0.15) is 12.3 Å². The van der Waals surface area contributed by atoms with Gasteiger partial charge < -0.3 is 10.1 Å². The van der Waals surface area contributed by atoms with Gasteiger partial charge in [-0.1, -0.05) is 37.6 Å². The average molecular weight is 394 g/mol. The van der Waals surface area contributed by atoms with Crippen molar-refractivity contribution in [3.8, 4) is 5.75 Å². The molecule has 2 rings (SSSR count). The second kappa shape index (κ2) is 8.68. The van der Waals surface area contributed by atoms with Crippen molar-refractivity contribution in [3.63, 3.8) is 0 Å². The van der Waals surface area contributed by atoms with Gasteiger partial charge >= 0.3 is 11.2 Å². The molecule has 1 heterocycles. The first-order valence-electron chi connectivity index (χ1n) is 8.20. The van der Waals surface area contributed by atoms with Crippen LogP contribution in [0.15, 0.2) is 41.3 Å². The normalized spacial score (nSPS) is 11.9. The number of carbonyl (C=O) groups is 1. The molecular weight excluding hydrogens is 374 g/mol. The molecule has 0 bridgehead atoms. The van der Waals surface area contributed by atoms with Gasteiger partial charge in [0, 0.05) is 12.3 Å². The predicted molar refractivity (Wildman–Crippen MR) is 101 cm³/mol. The molecular formula is C18H20ClN3O5. The van der Waals surface area contributed by atoms with E-state index in [9.17, 15) is 19.7 Å². The molecule has 1 amide bonds. The van der Waals surface area contributed by atoms with E-state index in [1.807, 2.05) is 26.0 Å². The molecule has 1 atom stereocenters. The first-order valence-corrected chi connectivity index (χ1v) is 8.58. The predicted octanol–water partition coefficient (Wildman–Crippen LogP) is 2.93. The SMILES string of the molecule is COc1ccc(C(NC(=O)Cn2cc(Cl)cc([N+](=O)[O-])c2=O)C(C)C)cc1. The maximum absolute atomic E-state index is 12.5. The lowest BCUT2D eigenvalue weighted by molar-refractivity contribution is -0.386. The largest absolute Gasteiger partial charge is 0.497 e. The number of ether oxygens (including phenoxy) is 1. The van der Waals surface area contributed by atoms with Crippen molar-refractivity contribution in [2.45, 2.75) is 26.4 Å². The summed E-state index contributed by atoms with van der Waals surface area (Å²) < 4.78 is 6.06. The Bertz CT molecular complexity index is 893. The molecule has 0 aliphatic heterocycles. The van der Waals surface area contributed by atoms with Crippen molar-refractivity contribution < 1.29 is 14.5 Å². The number of rotatable bonds is 7. The number of nitrogens with zero attached hydrogens (tertiary/aromatic N) is 2. The van der Waals surface area contributed by atoms with E-state index in [0.717, 1.165) is 16.2 Å². The second-order valence-electron chi connectivity index (χ2n) is 6.30. The highest BCUT2D eigenvalue weighted by Crippen LogP contribution is 2.24. The lowest BCUT2D eigenvalue weighted by Crippen LogP contribution is -2.36. The first kappa shape index (κ1) is 20.4. The van der Waals surface area contributed by atoms with E-state index in [1.165, 1.54) is 6.20 Å². The summed E-state index contributed by atoms with van der Waals surface area (Å²) in [6, 6.07) is 7.95. The summed E-state index contributed by atoms with van der Waals surface area (Å²) in [6.07, 6.45) is 1.20. The van der Waals surface area contributed by atoms with E-state index in [2.05, 4.69) is 5.32 Å². The molecule has 0 aliphatic carbocycles. The minimum absolute atomic E-state index is 0.00432. The van der Waals surface area contributed by atoms with Gasteiger partial charge in [0.15, 0.2) is 0 Å². The van der Waals surface area contributed by atoms with Gasteiger partial charge in [0.05, 0.1) is 23.1 Å². The molecule has 2 aromatic rings. The van der Waals surface area contributed by atoms with Crippen molar-refractivity contribution >= 4 is 23.2 Å². The highest BCUT2D eigenvalue weighted by Gasteiger charge is 2.21. The fraction of sp³-hybridized carbons (Fsp3) is 0.333. The molecule has 0 fully saturated rings. The molecule has 0 radical (unpaired) electrons. The Labute approximate surface area is 160 Å².